The SMILES string of the molecule is CC(N)c1cc(Cl)ccc1CN1C(=C=S)NC(=O)c2[nH]ccc21. The number of carbonyl (C=O) groups is 1. The molecule has 5 nitrogen and oxygen atoms in total. The quantitative estimate of drug-likeness (QED) is 0.747. The number of thiocarbonyl (C=S) groups is 1. The van der Waals surface area contributed by atoms with Gasteiger partial charge in [-0.25, -0.2) is 0 Å². The average molecular weight is 347 g/mol. The molecule has 1 atom stereocenters. The third-order valence-corrected chi connectivity index (χ3v) is 4.20. The summed E-state index contributed by atoms with van der Waals surface area (Å²) in [5.41, 5.74) is 9.27. The number of hydrogen-bond acceptors (Lipinski definition) is 4. The van der Waals surface area contributed by atoms with Gasteiger partial charge in [0.1, 0.15) is 5.69 Å². The number of nitrogens with zero attached hydrogens (tertiary/aromatic N) is 1. The molecule has 118 valence electrons. The third-order valence-electron chi connectivity index (χ3n) is 3.77. The number of aromatic amines is 1. The number of anilines is 1. The fourth-order valence-corrected chi connectivity index (χ4v) is 3.02. The summed E-state index contributed by atoms with van der Waals surface area (Å²) in [4.78, 5) is 16.9. The van der Waals surface area contributed by atoms with Crippen molar-refractivity contribution in [3.05, 3.63) is 58.1 Å². The van der Waals surface area contributed by atoms with E-state index in [2.05, 4.69) is 15.3 Å². The van der Waals surface area contributed by atoms with Gasteiger partial charge in [-0.15, -0.1) is 0 Å². The molecule has 2 aromatic rings. The molecule has 3 rings (SSSR count). The molecule has 2 heterocycles. The Bertz CT molecular complexity index is 823. The molecule has 0 bridgehead atoms. The number of fused-ring (bicyclic) bond motifs is 1. The molecule has 0 aliphatic carbocycles. The zero-order chi connectivity index (χ0) is 16.6. The Morgan fingerprint density at radius 1 is 1.43 bits per heavy atom. The van der Waals surface area contributed by atoms with E-state index in [1.165, 1.54) is 0 Å². The van der Waals surface area contributed by atoms with Gasteiger partial charge in [0.15, 0.2) is 5.82 Å². The lowest BCUT2D eigenvalue weighted by Crippen LogP contribution is -2.41. The zero-order valence-corrected chi connectivity index (χ0v) is 14.0. The van der Waals surface area contributed by atoms with E-state index in [4.69, 9.17) is 29.6 Å². The minimum Gasteiger partial charge on any atom is -0.355 e. The average Bonchev–Trinajstić information content (AvgIpc) is 3.01. The van der Waals surface area contributed by atoms with Gasteiger partial charge < -0.3 is 15.6 Å². The van der Waals surface area contributed by atoms with Crippen LogP contribution in [0.25, 0.3) is 0 Å². The Balaban J connectivity index is 2.04. The van der Waals surface area contributed by atoms with Crippen molar-refractivity contribution in [2.75, 3.05) is 4.90 Å². The molecular formula is C16H15ClN4OS. The van der Waals surface area contributed by atoms with Gasteiger partial charge in [0.05, 0.1) is 12.2 Å². The summed E-state index contributed by atoms with van der Waals surface area (Å²) in [6.45, 7) is 2.41. The topological polar surface area (TPSA) is 74.2 Å². The molecule has 0 spiro atoms. The van der Waals surface area contributed by atoms with Crippen LogP contribution in [0, 0.1) is 0 Å². The van der Waals surface area contributed by atoms with E-state index >= 15 is 0 Å². The summed E-state index contributed by atoms with van der Waals surface area (Å²) in [5, 5.41) is 6.00. The van der Waals surface area contributed by atoms with Crippen molar-refractivity contribution in [3.63, 3.8) is 0 Å². The molecule has 0 fully saturated rings. The van der Waals surface area contributed by atoms with E-state index in [1.54, 1.807) is 6.20 Å². The Morgan fingerprint density at radius 3 is 2.91 bits per heavy atom. The number of aromatic nitrogens is 1. The van der Waals surface area contributed by atoms with E-state index in [0.717, 1.165) is 16.8 Å². The lowest BCUT2D eigenvalue weighted by molar-refractivity contribution is 0.0957. The van der Waals surface area contributed by atoms with Gasteiger partial charge >= 0.3 is 0 Å². The number of H-pyrrole nitrogens is 1. The van der Waals surface area contributed by atoms with E-state index in [9.17, 15) is 4.79 Å². The molecule has 0 saturated heterocycles. The first-order valence-electron chi connectivity index (χ1n) is 7.06. The highest BCUT2D eigenvalue weighted by Gasteiger charge is 2.28. The second kappa shape index (κ2) is 6.18. The van der Waals surface area contributed by atoms with Crippen molar-refractivity contribution >= 4 is 40.4 Å². The van der Waals surface area contributed by atoms with Crippen molar-refractivity contribution in [1.82, 2.24) is 10.3 Å². The fraction of sp³-hybridized carbons (Fsp3) is 0.188. The largest absolute Gasteiger partial charge is 0.355 e. The summed E-state index contributed by atoms with van der Waals surface area (Å²) in [6.07, 6.45) is 1.72. The Morgan fingerprint density at radius 2 is 2.22 bits per heavy atom. The number of halogens is 1. The molecule has 0 saturated carbocycles. The van der Waals surface area contributed by atoms with Crippen LogP contribution >= 0.6 is 23.8 Å². The second-order valence-corrected chi connectivity index (χ2v) is 6.00. The van der Waals surface area contributed by atoms with Gasteiger partial charge in [0, 0.05) is 17.3 Å². The molecule has 4 N–H and O–H groups in total. The van der Waals surface area contributed by atoms with E-state index in [0.29, 0.717) is 23.1 Å². The maximum atomic E-state index is 12.0. The van der Waals surface area contributed by atoms with Gasteiger partial charge in [0.25, 0.3) is 5.91 Å². The fourth-order valence-electron chi connectivity index (χ4n) is 2.67. The first-order valence-corrected chi connectivity index (χ1v) is 7.85. The third kappa shape index (κ3) is 2.90. The highest BCUT2D eigenvalue weighted by Crippen LogP contribution is 2.30. The van der Waals surface area contributed by atoms with Crippen molar-refractivity contribution in [1.29, 1.82) is 0 Å². The highest BCUT2D eigenvalue weighted by molar-refractivity contribution is 7.78. The summed E-state index contributed by atoms with van der Waals surface area (Å²) in [6, 6.07) is 7.30. The van der Waals surface area contributed by atoms with Crippen molar-refractivity contribution < 1.29 is 4.79 Å². The maximum Gasteiger partial charge on any atom is 0.275 e. The Hall–Kier alpha value is -2.11. The molecule has 1 aliphatic rings. The maximum absolute atomic E-state index is 12.0. The summed E-state index contributed by atoms with van der Waals surface area (Å²) >= 11 is 11.0. The first kappa shape index (κ1) is 15.8. The van der Waals surface area contributed by atoms with Gasteiger partial charge in [-0.05, 0) is 53.5 Å². The standard InChI is InChI=1S/C16H15ClN4OS/c1-9(18)12-6-11(17)3-2-10(12)7-21-13-4-5-19-15(13)16(22)20-14(21)8-23/h2-6,9,19H,7,18H2,1H3,(H,20,22). The highest BCUT2D eigenvalue weighted by atomic mass is 35.5. The first-order chi connectivity index (χ1) is 11.0. The summed E-state index contributed by atoms with van der Waals surface area (Å²) in [7, 11) is 0. The van der Waals surface area contributed by atoms with Crippen LogP contribution in [0.2, 0.25) is 5.02 Å². The number of hydrogen-bond donors (Lipinski definition) is 3. The van der Waals surface area contributed by atoms with E-state index in [1.807, 2.05) is 36.1 Å². The predicted molar refractivity (Wildman–Crippen MR) is 94.6 cm³/mol. The van der Waals surface area contributed by atoms with Gasteiger partial charge in [0.2, 0.25) is 0 Å². The van der Waals surface area contributed by atoms with Gasteiger partial charge in [-0.1, -0.05) is 17.7 Å². The second-order valence-electron chi connectivity index (χ2n) is 5.36. The van der Waals surface area contributed by atoms with Crippen LogP contribution < -0.4 is 16.0 Å². The molecular weight excluding hydrogens is 332 g/mol. The van der Waals surface area contributed by atoms with Crippen molar-refractivity contribution in [2.45, 2.75) is 19.5 Å². The monoisotopic (exact) mass is 346 g/mol. The summed E-state index contributed by atoms with van der Waals surface area (Å²) in [5.74, 6) is 0.222. The van der Waals surface area contributed by atoms with Crippen LogP contribution in [0.1, 0.15) is 34.6 Å². The number of nitrogens with two attached hydrogens (primary N) is 1. The normalized spacial score (nSPS) is 15.0. The lowest BCUT2D eigenvalue weighted by atomic mass is 10.0. The Labute approximate surface area is 144 Å². The van der Waals surface area contributed by atoms with Crippen LogP contribution in [0.3, 0.4) is 0 Å². The molecule has 1 aliphatic heterocycles. The van der Waals surface area contributed by atoms with Gasteiger partial charge in [-0.2, -0.15) is 0 Å². The number of amides is 1. The molecule has 1 unspecified atom stereocenters. The lowest BCUT2D eigenvalue weighted by Gasteiger charge is -2.30. The number of rotatable bonds is 3. The molecule has 1 aromatic carbocycles. The molecule has 1 aromatic heterocycles. The minimum absolute atomic E-state index is 0.159. The van der Waals surface area contributed by atoms with Crippen molar-refractivity contribution in [3.8, 4) is 0 Å². The number of benzene rings is 1. The molecule has 7 heteroatoms. The molecule has 0 radical (unpaired) electrons. The minimum atomic E-state index is -0.225. The van der Waals surface area contributed by atoms with Crippen LogP contribution in [0.15, 0.2) is 36.3 Å². The zero-order valence-electron chi connectivity index (χ0n) is 12.4. The number of nitrogens with one attached hydrogen (secondary N) is 2. The van der Waals surface area contributed by atoms with Crippen molar-refractivity contribution in [2.24, 2.45) is 5.73 Å². The van der Waals surface area contributed by atoms with E-state index < -0.39 is 0 Å². The molecule has 23 heavy (non-hydrogen) atoms. The Kier molecular flexibility index (Phi) is 4.24. The smallest absolute Gasteiger partial charge is 0.275 e. The number of carbonyl (C=O) groups excluding carboxylic acids is 1. The summed E-state index contributed by atoms with van der Waals surface area (Å²) < 4.78 is 0. The van der Waals surface area contributed by atoms with Gasteiger partial charge in [-0.3, -0.25) is 10.1 Å². The van der Waals surface area contributed by atoms with Crippen LogP contribution in [-0.2, 0) is 6.54 Å². The van der Waals surface area contributed by atoms with E-state index in [-0.39, 0.29) is 11.9 Å². The van der Waals surface area contributed by atoms with Crippen LogP contribution in [0.5, 0.6) is 0 Å². The van der Waals surface area contributed by atoms with Crippen LogP contribution in [0.4, 0.5) is 5.69 Å². The van der Waals surface area contributed by atoms with Crippen LogP contribution in [-0.4, -0.2) is 15.9 Å². The predicted octanol–water partition coefficient (Wildman–Crippen LogP) is 2.88. The molecule has 1 amide bonds.